The lowest BCUT2D eigenvalue weighted by molar-refractivity contribution is -0.123. The zero-order valence-corrected chi connectivity index (χ0v) is 18.7. The minimum Gasteiger partial charge on any atom is -0.484 e. The smallest absolute Gasteiger partial charge is 0.276 e. The molecule has 2 amide bonds. The number of fused-ring (bicyclic) bond motifs is 2. The number of carbonyl (C=O) groups excluding carboxylic acids is 3. The van der Waals surface area contributed by atoms with E-state index >= 15 is 0 Å². The highest BCUT2D eigenvalue weighted by molar-refractivity contribution is 9.10. The van der Waals surface area contributed by atoms with Crippen molar-refractivity contribution < 1.29 is 27.5 Å². The van der Waals surface area contributed by atoms with Gasteiger partial charge in [-0.15, -0.1) is 0 Å². The van der Waals surface area contributed by atoms with Crippen molar-refractivity contribution in [3.05, 3.63) is 87.9 Å². The molecule has 1 heterocycles. The van der Waals surface area contributed by atoms with Crippen LogP contribution >= 0.6 is 15.9 Å². The lowest BCUT2D eigenvalue weighted by atomic mass is 10.0. The first-order valence-corrected chi connectivity index (χ1v) is 11.6. The summed E-state index contributed by atoms with van der Waals surface area (Å²) in [6.07, 6.45) is 0. The molecule has 0 spiro atoms. The maximum Gasteiger partial charge on any atom is 0.276 e. The number of carbonyl (C=O) groups is 3. The third kappa shape index (κ3) is 4.14. The molecule has 0 saturated carbocycles. The van der Waals surface area contributed by atoms with Gasteiger partial charge in [-0.25, -0.2) is 8.42 Å². The number of benzene rings is 3. The Labute approximate surface area is 191 Å². The number of sulfone groups is 1. The molecule has 0 radical (unpaired) electrons. The Kier molecular flexibility index (Phi) is 5.81. The van der Waals surface area contributed by atoms with Gasteiger partial charge in [-0.05, 0) is 54.6 Å². The van der Waals surface area contributed by atoms with Crippen molar-refractivity contribution in [2.45, 2.75) is 9.79 Å². The average molecular weight is 515 g/mol. The van der Waals surface area contributed by atoms with Gasteiger partial charge in [-0.1, -0.05) is 28.1 Å². The molecule has 0 bridgehead atoms. The first-order valence-electron chi connectivity index (χ1n) is 9.28. The highest BCUT2D eigenvalue weighted by atomic mass is 79.9. The van der Waals surface area contributed by atoms with Gasteiger partial charge in [-0.2, -0.15) is 0 Å². The van der Waals surface area contributed by atoms with Gasteiger partial charge in [0.2, 0.25) is 9.84 Å². The van der Waals surface area contributed by atoms with Crippen LogP contribution in [0.2, 0.25) is 0 Å². The lowest BCUT2D eigenvalue weighted by Crippen LogP contribution is -2.43. The second-order valence-corrected chi connectivity index (χ2v) is 9.59. The van der Waals surface area contributed by atoms with Gasteiger partial charge in [-0.3, -0.25) is 25.2 Å². The summed E-state index contributed by atoms with van der Waals surface area (Å²) < 4.78 is 32.1. The summed E-state index contributed by atoms with van der Waals surface area (Å²) in [6.45, 7) is -0.342. The normalized spacial score (nSPS) is 13.5. The van der Waals surface area contributed by atoms with Crippen LogP contribution in [0, 0.1) is 0 Å². The molecule has 0 atom stereocenters. The number of ether oxygens (including phenoxy) is 1. The van der Waals surface area contributed by atoms with Crippen LogP contribution in [0.4, 0.5) is 0 Å². The van der Waals surface area contributed by atoms with Crippen molar-refractivity contribution in [1.82, 2.24) is 10.9 Å². The molecule has 3 aromatic carbocycles. The average Bonchev–Trinajstić information content (AvgIpc) is 2.80. The molecule has 2 N–H and O–H groups in total. The van der Waals surface area contributed by atoms with Gasteiger partial charge >= 0.3 is 0 Å². The van der Waals surface area contributed by atoms with Crippen molar-refractivity contribution >= 4 is 43.4 Å². The molecule has 3 aromatic rings. The van der Waals surface area contributed by atoms with Crippen LogP contribution in [0.3, 0.4) is 0 Å². The van der Waals surface area contributed by atoms with E-state index in [4.69, 9.17) is 4.74 Å². The van der Waals surface area contributed by atoms with Crippen molar-refractivity contribution in [2.75, 3.05) is 6.61 Å². The lowest BCUT2D eigenvalue weighted by Gasteiger charge is -2.19. The summed E-state index contributed by atoms with van der Waals surface area (Å²) in [5.41, 5.74) is 4.45. The van der Waals surface area contributed by atoms with E-state index < -0.39 is 27.4 Å². The molecule has 1 aliphatic rings. The largest absolute Gasteiger partial charge is 0.484 e. The molecule has 0 aromatic heterocycles. The topological polar surface area (TPSA) is 119 Å². The Bertz CT molecular complexity index is 1350. The maximum absolute atomic E-state index is 12.9. The van der Waals surface area contributed by atoms with Crippen LogP contribution < -0.4 is 15.6 Å². The maximum atomic E-state index is 12.9. The first kappa shape index (κ1) is 21.7. The minimum atomic E-state index is -3.98. The molecule has 8 nitrogen and oxygen atoms in total. The van der Waals surface area contributed by atoms with E-state index in [1.54, 1.807) is 30.3 Å². The fourth-order valence-corrected chi connectivity index (χ4v) is 5.08. The van der Waals surface area contributed by atoms with E-state index in [1.165, 1.54) is 30.3 Å². The van der Waals surface area contributed by atoms with Crippen LogP contribution in [0.5, 0.6) is 5.75 Å². The van der Waals surface area contributed by atoms with Gasteiger partial charge in [0.25, 0.3) is 11.8 Å². The highest BCUT2D eigenvalue weighted by Crippen LogP contribution is 2.34. The number of hydrogen-bond donors (Lipinski definition) is 2. The number of hydrazine groups is 1. The van der Waals surface area contributed by atoms with Gasteiger partial charge in [0, 0.05) is 21.2 Å². The molecular weight excluding hydrogens is 500 g/mol. The fourth-order valence-electron chi connectivity index (χ4n) is 3.14. The monoisotopic (exact) mass is 514 g/mol. The standard InChI is InChI=1S/C22H15BrN2O6S/c23-14-6-8-15(9-7-14)31-12-20(26)24-25-22(28)13-5-10-17-19(11-13)32(29,30)18-4-2-1-3-16(18)21(17)27/h1-11H,12H2,(H,24,26)(H,25,28). The zero-order chi connectivity index (χ0) is 22.9. The van der Waals surface area contributed by atoms with Crippen molar-refractivity contribution in [3.63, 3.8) is 0 Å². The summed E-state index contributed by atoms with van der Waals surface area (Å²) in [4.78, 5) is 36.7. The minimum absolute atomic E-state index is 0.00724. The molecule has 0 saturated heterocycles. The van der Waals surface area contributed by atoms with Crippen LogP contribution in [-0.4, -0.2) is 32.6 Å². The van der Waals surface area contributed by atoms with Crippen LogP contribution in [0.1, 0.15) is 26.3 Å². The molecule has 162 valence electrons. The van der Waals surface area contributed by atoms with Gasteiger partial charge in [0.1, 0.15) is 5.75 Å². The molecule has 32 heavy (non-hydrogen) atoms. The Morgan fingerprint density at radius 2 is 1.56 bits per heavy atom. The fraction of sp³-hybridized carbons (Fsp3) is 0.0455. The third-order valence-corrected chi connectivity index (χ3v) is 7.08. The van der Waals surface area contributed by atoms with Crippen LogP contribution in [0.25, 0.3) is 0 Å². The summed E-state index contributed by atoms with van der Waals surface area (Å²) in [5, 5.41) is 0. The van der Waals surface area contributed by atoms with E-state index in [0.29, 0.717) is 5.75 Å². The Morgan fingerprint density at radius 1 is 0.875 bits per heavy atom. The van der Waals surface area contributed by atoms with Crippen LogP contribution in [-0.2, 0) is 14.6 Å². The second-order valence-electron chi connectivity index (χ2n) is 6.78. The Hall–Kier alpha value is -3.50. The number of nitrogens with one attached hydrogen (secondary N) is 2. The molecular formula is C22H15BrN2O6S. The van der Waals surface area contributed by atoms with E-state index in [0.717, 1.165) is 10.5 Å². The number of rotatable bonds is 4. The summed E-state index contributed by atoms with van der Waals surface area (Å²) >= 11 is 3.29. The Balaban J connectivity index is 1.45. The zero-order valence-electron chi connectivity index (χ0n) is 16.3. The number of halogens is 1. The van der Waals surface area contributed by atoms with E-state index in [-0.39, 0.29) is 33.1 Å². The molecule has 0 unspecified atom stereocenters. The van der Waals surface area contributed by atoms with E-state index in [9.17, 15) is 22.8 Å². The molecule has 4 rings (SSSR count). The molecule has 1 aliphatic heterocycles. The SMILES string of the molecule is O=C(COc1ccc(Br)cc1)NNC(=O)c1ccc2c(c1)S(=O)(=O)c1ccccc1C2=O. The van der Waals surface area contributed by atoms with Gasteiger partial charge in [0.05, 0.1) is 9.79 Å². The van der Waals surface area contributed by atoms with Crippen molar-refractivity contribution in [3.8, 4) is 5.75 Å². The van der Waals surface area contributed by atoms with Gasteiger partial charge in [0.15, 0.2) is 12.4 Å². The molecule has 10 heteroatoms. The molecule has 0 fully saturated rings. The molecule has 0 aliphatic carbocycles. The summed E-state index contributed by atoms with van der Waals surface area (Å²) in [5.74, 6) is -1.32. The number of amides is 2. The van der Waals surface area contributed by atoms with E-state index in [2.05, 4.69) is 26.8 Å². The highest BCUT2D eigenvalue weighted by Gasteiger charge is 2.35. The predicted molar refractivity (Wildman–Crippen MR) is 117 cm³/mol. The van der Waals surface area contributed by atoms with Crippen molar-refractivity contribution in [2.24, 2.45) is 0 Å². The first-order chi connectivity index (χ1) is 15.3. The van der Waals surface area contributed by atoms with E-state index in [1.807, 2.05) is 0 Å². The van der Waals surface area contributed by atoms with Crippen LogP contribution in [0.15, 0.2) is 81.0 Å². The summed E-state index contributed by atoms with van der Waals surface area (Å²) in [7, 11) is -3.98. The summed E-state index contributed by atoms with van der Waals surface area (Å²) in [6, 6.07) is 16.5. The third-order valence-electron chi connectivity index (χ3n) is 4.70. The van der Waals surface area contributed by atoms with Gasteiger partial charge < -0.3 is 4.74 Å². The second kappa shape index (κ2) is 8.56. The predicted octanol–water partition coefficient (Wildman–Crippen LogP) is 2.67. The Morgan fingerprint density at radius 3 is 2.31 bits per heavy atom. The number of ketones is 1. The quantitative estimate of drug-likeness (QED) is 0.404. The number of hydrogen-bond acceptors (Lipinski definition) is 6. The van der Waals surface area contributed by atoms with Crippen molar-refractivity contribution in [1.29, 1.82) is 0 Å².